The normalized spacial score (nSPS) is 16.2. The first-order chi connectivity index (χ1) is 12.6. The second-order valence-electron chi connectivity index (χ2n) is 6.81. The van der Waals surface area contributed by atoms with E-state index in [-0.39, 0.29) is 18.6 Å². The fourth-order valence-corrected chi connectivity index (χ4v) is 2.89. The number of nitrogens with zero attached hydrogens (tertiary/aromatic N) is 1. The molecule has 0 aliphatic carbocycles. The highest BCUT2D eigenvalue weighted by Crippen LogP contribution is 2.20. The average molecular weight is 358 g/mol. The van der Waals surface area contributed by atoms with E-state index < -0.39 is 5.97 Å². The Hall–Kier alpha value is -2.30. The van der Waals surface area contributed by atoms with Gasteiger partial charge in [0.1, 0.15) is 0 Å². The van der Waals surface area contributed by atoms with E-state index in [1.54, 1.807) is 6.08 Å². The molecule has 1 N–H and O–H groups in total. The standard InChI is InChI=1S/C21H30N2O3/c1-3-17(2)22-20(24)16-26-21(25)13-10-18-8-11-19(12-9-18)23-14-6-4-5-7-15-23/h8-13,17H,3-7,14-16H2,1-2H3,(H,22,24)/b13-10+/t17-/m0/s1. The molecule has 5 heteroatoms. The van der Waals surface area contributed by atoms with E-state index in [2.05, 4.69) is 22.3 Å². The van der Waals surface area contributed by atoms with Gasteiger partial charge in [-0.1, -0.05) is 31.9 Å². The second-order valence-corrected chi connectivity index (χ2v) is 6.81. The van der Waals surface area contributed by atoms with E-state index in [1.165, 1.54) is 37.4 Å². The molecule has 142 valence electrons. The number of hydrogen-bond donors (Lipinski definition) is 1. The first-order valence-electron chi connectivity index (χ1n) is 9.57. The Morgan fingerprint density at radius 2 is 1.81 bits per heavy atom. The zero-order valence-electron chi connectivity index (χ0n) is 15.9. The van der Waals surface area contributed by atoms with E-state index in [1.807, 2.05) is 26.0 Å². The summed E-state index contributed by atoms with van der Waals surface area (Å²) in [6.45, 7) is 5.87. The molecule has 1 atom stereocenters. The van der Waals surface area contributed by atoms with Gasteiger partial charge in [0.25, 0.3) is 5.91 Å². The van der Waals surface area contributed by atoms with Crippen molar-refractivity contribution in [3.8, 4) is 0 Å². The monoisotopic (exact) mass is 358 g/mol. The summed E-state index contributed by atoms with van der Waals surface area (Å²) in [5.41, 5.74) is 2.16. The van der Waals surface area contributed by atoms with Gasteiger partial charge in [-0.3, -0.25) is 4.79 Å². The number of ether oxygens (including phenoxy) is 1. The molecular formula is C21H30N2O3. The van der Waals surface area contributed by atoms with Gasteiger partial charge in [0.2, 0.25) is 0 Å². The maximum atomic E-state index is 11.7. The molecule has 0 aromatic heterocycles. The number of rotatable bonds is 7. The number of esters is 1. The van der Waals surface area contributed by atoms with Crippen LogP contribution in [-0.4, -0.2) is 37.6 Å². The Labute approximate surface area is 156 Å². The van der Waals surface area contributed by atoms with Crippen LogP contribution in [0.2, 0.25) is 0 Å². The molecule has 1 amide bonds. The molecule has 5 nitrogen and oxygen atoms in total. The van der Waals surface area contributed by atoms with Crippen LogP contribution in [0.3, 0.4) is 0 Å². The van der Waals surface area contributed by atoms with Crippen molar-refractivity contribution in [3.05, 3.63) is 35.9 Å². The summed E-state index contributed by atoms with van der Waals surface area (Å²) in [6.07, 6.45) is 9.03. The summed E-state index contributed by atoms with van der Waals surface area (Å²) in [6, 6.07) is 8.27. The van der Waals surface area contributed by atoms with Gasteiger partial charge in [0, 0.05) is 30.9 Å². The molecule has 26 heavy (non-hydrogen) atoms. The Morgan fingerprint density at radius 1 is 1.15 bits per heavy atom. The lowest BCUT2D eigenvalue weighted by Crippen LogP contribution is -2.35. The first kappa shape index (κ1) is 20.0. The molecule has 0 radical (unpaired) electrons. The summed E-state index contributed by atoms with van der Waals surface area (Å²) >= 11 is 0. The third kappa shape index (κ3) is 6.90. The zero-order chi connectivity index (χ0) is 18.8. The molecule has 1 aromatic carbocycles. The van der Waals surface area contributed by atoms with Crippen molar-refractivity contribution in [3.63, 3.8) is 0 Å². The van der Waals surface area contributed by atoms with Gasteiger partial charge in [-0.15, -0.1) is 0 Å². The third-order valence-electron chi connectivity index (χ3n) is 4.64. The number of carbonyl (C=O) groups is 2. The van der Waals surface area contributed by atoms with Crippen molar-refractivity contribution >= 4 is 23.6 Å². The number of anilines is 1. The van der Waals surface area contributed by atoms with Crippen LogP contribution in [-0.2, 0) is 14.3 Å². The van der Waals surface area contributed by atoms with Crippen LogP contribution in [0.4, 0.5) is 5.69 Å². The molecule has 1 aromatic rings. The van der Waals surface area contributed by atoms with E-state index in [0.717, 1.165) is 25.1 Å². The Kier molecular flexibility index (Phi) is 8.19. The van der Waals surface area contributed by atoms with Gasteiger partial charge < -0.3 is 15.0 Å². The van der Waals surface area contributed by atoms with Crippen LogP contribution in [0.1, 0.15) is 51.5 Å². The number of amides is 1. The lowest BCUT2D eigenvalue weighted by Gasteiger charge is -2.22. The first-order valence-corrected chi connectivity index (χ1v) is 9.57. The van der Waals surface area contributed by atoms with Crippen molar-refractivity contribution in [1.82, 2.24) is 5.32 Å². The summed E-state index contributed by atoms with van der Waals surface area (Å²) in [5, 5.41) is 2.76. The summed E-state index contributed by atoms with van der Waals surface area (Å²) in [4.78, 5) is 25.7. The van der Waals surface area contributed by atoms with Crippen LogP contribution in [0, 0.1) is 0 Å². The summed E-state index contributed by atoms with van der Waals surface area (Å²) in [5.74, 6) is -0.788. The van der Waals surface area contributed by atoms with Crippen molar-refractivity contribution in [1.29, 1.82) is 0 Å². The van der Waals surface area contributed by atoms with Crippen molar-refractivity contribution in [2.45, 2.75) is 52.0 Å². The van der Waals surface area contributed by atoms with Crippen LogP contribution in [0.5, 0.6) is 0 Å². The smallest absolute Gasteiger partial charge is 0.331 e. The van der Waals surface area contributed by atoms with Gasteiger partial charge in [0.15, 0.2) is 6.61 Å². The highest BCUT2D eigenvalue weighted by Gasteiger charge is 2.10. The predicted octanol–water partition coefficient (Wildman–Crippen LogP) is 3.54. The number of hydrogen-bond acceptors (Lipinski definition) is 4. The van der Waals surface area contributed by atoms with Gasteiger partial charge in [-0.25, -0.2) is 4.79 Å². The minimum absolute atomic E-state index is 0.0828. The van der Waals surface area contributed by atoms with Gasteiger partial charge in [-0.2, -0.15) is 0 Å². The fraction of sp³-hybridized carbons (Fsp3) is 0.524. The van der Waals surface area contributed by atoms with Crippen LogP contribution >= 0.6 is 0 Å². The van der Waals surface area contributed by atoms with Crippen LogP contribution < -0.4 is 10.2 Å². The lowest BCUT2D eigenvalue weighted by atomic mass is 10.1. The molecule has 1 aliphatic heterocycles. The average Bonchev–Trinajstić information content (AvgIpc) is 2.94. The Bertz CT molecular complexity index is 602. The predicted molar refractivity (Wildman–Crippen MR) is 105 cm³/mol. The zero-order valence-corrected chi connectivity index (χ0v) is 15.9. The molecule has 1 saturated heterocycles. The van der Waals surface area contributed by atoms with Gasteiger partial charge >= 0.3 is 5.97 Å². The van der Waals surface area contributed by atoms with Crippen LogP contribution in [0.15, 0.2) is 30.3 Å². The van der Waals surface area contributed by atoms with E-state index in [0.29, 0.717) is 0 Å². The van der Waals surface area contributed by atoms with Crippen molar-refractivity contribution in [2.75, 3.05) is 24.6 Å². The molecule has 0 bridgehead atoms. The molecule has 1 fully saturated rings. The minimum atomic E-state index is -0.513. The topological polar surface area (TPSA) is 58.6 Å². The highest BCUT2D eigenvalue weighted by molar-refractivity contribution is 5.89. The van der Waals surface area contributed by atoms with Crippen LogP contribution in [0.25, 0.3) is 6.08 Å². The Morgan fingerprint density at radius 3 is 2.42 bits per heavy atom. The number of nitrogens with one attached hydrogen (secondary N) is 1. The minimum Gasteiger partial charge on any atom is -0.452 e. The molecule has 0 saturated carbocycles. The van der Waals surface area contributed by atoms with Gasteiger partial charge in [-0.05, 0) is 50.0 Å². The third-order valence-corrected chi connectivity index (χ3v) is 4.64. The molecule has 1 aliphatic rings. The molecular weight excluding hydrogens is 328 g/mol. The van der Waals surface area contributed by atoms with E-state index >= 15 is 0 Å². The van der Waals surface area contributed by atoms with Gasteiger partial charge in [0.05, 0.1) is 0 Å². The number of benzene rings is 1. The maximum Gasteiger partial charge on any atom is 0.331 e. The lowest BCUT2D eigenvalue weighted by molar-refractivity contribution is -0.144. The second kappa shape index (κ2) is 10.6. The van der Waals surface area contributed by atoms with Crippen molar-refractivity contribution < 1.29 is 14.3 Å². The molecule has 2 rings (SSSR count). The largest absolute Gasteiger partial charge is 0.452 e. The summed E-state index contributed by atoms with van der Waals surface area (Å²) < 4.78 is 4.96. The molecule has 1 heterocycles. The number of carbonyl (C=O) groups excluding carboxylic acids is 2. The molecule has 0 unspecified atom stereocenters. The summed E-state index contributed by atoms with van der Waals surface area (Å²) in [7, 11) is 0. The molecule has 0 spiro atoms. The fourth-order valence-electron chi connectivity index (χ4n) is 2.89. The van der Waals surface area contributed by atoms with Crippen molar-refractivity contribution in [2.24, 2.45) is 0 Å². The maximum absolute atomic E-state index is 11.7. The SMILES string of the molecule is CC[C@H](C)NC(=O)COC(=O)/C=C/c1ccc(N2CCCCCC2)cc1. The Balaban J connectivity index is 1.80. The highest BCUT2D eigenvalue weighted by atomic mass is 16.5. The van der Waals surface area contributed by atoms with E-state index in [4.69, 9.17) is 4.74 Å². The quantitative estimate of drug-likeness (QED) is 0.598. The van der Waals surface area contributed by atoms with E-state index in [9.17, 15) is 9.59 Å².